The standard InChI is InChI=1S/C20H32N6/c1-6-16-9-11-17(12-10-16)20(4,5)14-23-19(21-7-2)22-13-18-25-24-15-26(18)8-3/h9-12,15H,6-8,13-14H2,1-5H3,(H2,21,22,23). The molecule has 1 heterocycles. The molecule has 2 N–H and O–H groups in total. The van der Waals surface area contributed by atoms with Crippen molar-refractivity contribution in [2.75, 3.05) is 13.1 Å². The van der Waals surface area contributed by atoms with Gasteiger partial charge in [0.2, 0.25) is 0 Å². The number of aliphatic imine (C=N–C) groups is 1. The highest BCUT2D eigenvalue weighted by Gasteiger charge is 2.21. The first-order valence-electron chi connectivity index (χ1n) is 9.48. The van der Waals surface area contributed by atoms with Crippen molar-refractivity contribution in [1.29, 1.82) is 0 Å². The fraction of sp³-hybridized carbons (Fsp3) is 0.550. The first-order valence-corrected chi connectivity index (χ1v) is 9.48. The molecule has 6 heteroatoms. The predicted octanol–water partition coefficient (Wildman–Crippen LogP) is 2.89. The molecule has 0 saturated carbocycles. The van der Waals surface area contributed by atoms with Crippen molar-refractivity contribution >= 4 is 5.96 Å². The molecule has 0 aliphatic carbocycles. The van der Waals surface area contributed by atoms with Crippen molar-refractivity contribution in [2.45, 2.75) is 59.5 Å². The van der Waals surface area contributed by atoms with Crippen LogP contribution in [0.15, 0.2) is 35.6 Å². The van der Waals surface area contributed by atoms with E-state index in [1.807, 2.05) is 4.57 Å². The number of rotatable bonds is 8. The van der Waals surface area contributed by atoms with Crippen molar-refractivity contribution in [3.63, 3.8) is 0 Å². The molecule has 0 aliphatic heterocycles. The van der Waals surface area contributed by atoms with Crippen molar-refractivity contribution in [3.8, 4) is 0 Å². The number of benzene rings is 1. The Hall–Kier alpha value is -2.37. The predicted molar refractivity (Wildman–Crippen MR) is 107 cm³/mol. The van der Waals surface area contributed by atoms with Crippen molar-refractivity contribution in [2.24, 2.45) is 4.99 Å². The van der Waals surface area contributed by atoms with E-state index in [1.54, 1.807) is 6.33 Å². The van der Waals surface area contributed by atoms with E-state index in [2.05, 4.69) is 84.7 Å². The van der Waals surface area contributed by atoms with Gasteiger partial charge >= 0.3 is 0 Å². The fourth-order valence-electron chi connectivity index (χ4n) is 2.76. The highest BCUT2D eigenvalue weighted by Crippen LogP contribution is 2.22. The molecule has 0 unspecified atom stereocenters. The number of nitrogens with one attached hydrogen (secondary N) is 2. The lowest BCUT2D eigenvalue weighted by Gasteiger charge is -2.27. The number of guanidine groups is 1. The maximum atomic E-state index is 4.66. The Labute approximate surface area is 157 Å². The number of hydrogen-bond donors (Lipinski definition) is 2. The number of hydrogen-bond acceptors (Lipinski definition) is 3. The zero-order valence-corrected chi connectivity index (χ0v) is 16.7. The first kappa shape index (κ1) is 19.9. The molecule has 2 aromatic rings. The summed E-state index contributed by atoms with van der Waals surface area (Å²) in [4.78, 5) is 4.66. The zero-order chi connectivity index (χ0) is 19.0. The van der Waals surface area contributed by atoms with Gasteiger partial charge in [0.05, 0.1) is 0 Å². The largest absolute Gasteiger partial charge is 0.357 e. The molecule has 0 spiro atoms. The van der Waals surface area contributed by atoms with Gasteiger partial charge in [-0.15, -0.1) is 10.2 Å². The van der Waals surface area contributed by atoms with Crippen molar-refractivity contribution in [3.05, 3.63) is 47.5 Å². The molecular formula is C20H32N6. The van der Waals surface area contributed by atoms with Gasteiger partial charge in [-0.05, 0) is 31.4 Å². The Morgan fingerprint density at radius 1 is 1.12 bits per heavy atom. The molecule has 2 rings (SSSR count). The third-order valence-electron chi connectivity index (χ3n) is 4.60. The first-order chi connectivity index (χ1) is 12.5. The van der Waals surface area contributed by atoms with E-state index in [1.165, 1.54) is 11.1 Å². The molecule has 26 heavy (non-hydrogen) atoms. The average molecular weight is 357 g/mol. The molecule has 1 aromatic carbocycles. The Kier molecular flexibility index (Phi) is 7.18. The van der Waals surface area contributed by atoms with Crippen molar-refractivity contribution < 1.29 is 0 Å². The molecule has 0 radical (unpaired) electrons. The molecule has 142 valence electrons. The lowest BCUT2D eigenvalue weighted by Crippen LogP contribution is -2.43. The lowest BCUT2D eigenvalue weighted by atomic mass is 9.84. The van der Waals surface area contributed by atoms with E-state index < -0.39 is 0 Å². The van der Waals surface area contributed by atoms with Crippen LogP contribution >= 0.6 is 0 Å². The third kappa shape index (κ3) is 5.31. The Morgan fingerprint density at radius 2 is 1.85 bits per heavy atom. The van der Waals surface area contributed by atoms with Crippen LogP contribution in [0.1, 0.15) is 51.6 Å². The van der Waals surface area contributed by atoms with Gasteiger partial charge in [-0.3, -0.25) is 0 Å². The Morgan fingerprint density at radius 3 is 2.46 bits per heavy atom. The molecule has 6 nitrogen and oxygen atoms in total. The highest BCUT2D eigenvalue weighted by atomic mass is 15.3. The summed E-state index contributed by atoms with van der Waals surface area (Å²) in [7, 11) is 0. The van der Waals surface area contributed by atoms with Crippen LogP contribution in [0.25, 0.3) is 0 Å². The summed E-state index contributed by atoms with van der Waals surface area (Å²) in [6.07, 6.45) is 2.81. The van der Waals surface area contributed by atoms with Gasteiger partial charge in [-0.2, -0.15) is 0 Å². The molecule has 0 fully saturated rings. The molecule has 0 saturated heterocycles. The van der Waals surface area contributed by atoms with Gasteiger partial charge in [0.25, 0.3) is 0 Å². The van der Waals surface area contributed by atoms with Gasteiger partial charge in [-0.25, -0.2) is 4.99 Å². The van der Waals surface area contributed by atoms with Gasteiger partial charge in [0.1, 0.15) is 12.9 Å². The topological polar surface area (TPSA) is 67.1 Å². The van der Waals surface area contributed by atoms with E-state index in [-0.39, 0.29) is 5.41 Å². The maximum Gasteiger partial charge on any atom is 0.191 e. The third-order valence-corrected chi connectivity index (χ3v) is 4.60. The van der Waals surface area contributed by atoms with Crippen LogP contribution in [-0.2, 0) is 24.9 Å². The summed E-state index contributed by atoms with van der Waals surface area (Å²) >= 11 is 0. The van der Waals surface area contributed by atoms with Crippen LogP contribution in [-0.4, -0.2) is 33.8 Å². The van der Waals surface area contributed by atoms with Gasteiger partial charge in [-0.1, -0.05) is 45.0 Å². The SMILES string of the molecule is CCNC(=NCc1nncn1CC)NCC(C)(C)c1ccc(CC)cc1. The second kappa shape index (κ2) is 9.36. The molecule has 0 bridgehead atoms. The van der Waals surface area contributed by atoms with Crippen LogP contribution < -0.4 is 10.6 Å². The van der Waals surface area contributed by atoms with Gasteiger partial charge in [0.15, 0.2) is 11.8 Å². The summed E-state index contributed by atoms with van der Waals surface area (Å²) in [6, 6.07) is 8.89. The van der Waals surface area contributed by atoms with Crippen molar-refractivity contribution in [1.82, 2.24) is 25.4 Å². The Balaban J connectivity index is 2.02. The number of aryl methyl sites for hydroxylation is 2. The second-order valence-electron chi connectivity index (χ2n) is 7.02. The summed E-state index contributed by atoms with van der Waals surface area (Å²) in [5.74, 6) is 1.68. The number of aromatic nitrogens is 3. The molecule has 0 amide bonds. The Bertz CT molecular complexity index is 699. The van der Waals surface area contributed by atoms with Crippen LogP contribution in [0, 0.1) is 0 Å². The molecule has 0 atom stereocenters. The normalized spacial score (nSPS) is 12.3. The minimum atomic E-state index is 0.00586. The average Bonchev–Trinajstić information content (AvgIpc) is 3.11. The lowest BCUT2D eigenvalue weighted by molar-refractivity contribution is 0.508. The van der Waals surface area contributed by atoms with E-state index in [9.17, 15) is 0 Å². The summed E-state index contributed by atoms with van der Waals surface area (Å²) < 4.78 is 2.01. The quantitative estimate of drug-likeness (QED) is 0.564. The zero-order valence-electron chi connectivity index (χ0n) is 16.7. The van der Waals surface area contributed by atoms with E-state index in [4.69, 9.17) is 0 Å². The number of nitrogens with zero attached hydrogens (tertiary/aromatic N) is 4. The van der Waals surface area contributed by atoms with Crippen LogP contribution in [0.3, 0.4) is 0 Å². The fourth-order valence-corrected chi connectivity index (χ4v) is 2.76. The second-order valence-corrected chi connectivity index (χ2v) is 7.02. The van der Waals surface area contributed by atoms with E-state index in [0.717, 1.165) is 37.8 Å². The minimum Gasteiger partial charge on any atom is -0.357 e. The molecule has 0 aliphatic rings. The monoisotopic (exact) mass is 356 g/mol. The van der Waals surface area contributed by atoms with Crippen LogP contribution in [0.2, 0.25) is 0 Å². The van der Waals surface area contributed by atoms with Gasteiger partial charge < -0.3 is 15.2 Å². The minimum absolute atomic E-state index is 0.00586. The maximum absolute atomic E-state index is 4.66. The van der Waals surface area contributed by atoms with E-state index in [0.29, 0.717) is 6.54 Å². The van der Waals surface area contributed by atoms with Crippen LogP contribution in [0.5, 0.6) is 0 Å². The summed E-state index contributed by atoms with van der Waals surface area (Å²) in [5.41, 5.74) is 2.70. The smallest absolute Gasteiger partial charge is 0.191 e. The molecule has 1 aromatic heterocycles. The highest BCUT2D eigenvalue weighted by molar-refractivity contribution is 5.79. The van der Waals surface area contributed by atoms with Gasteiger partial charge in [0, 0.05) is 25.0 Å². The van der Waals surface area contributed by atoms with Crippen LogP contribution in [0.4, 0.5) is 0 Å². The molecular weight excluding hydrogens is 324 g/mol. The van der Waals surface area contributed by atoms with E-state index >= 15 is 0 Å². The summed E-state index contributed by atoms with van der Waals surface area (Å²) in [5, 5.41) is 14.9. The summed E-state index contributed by atoms with van der Waals surface area (Å²) in [6.45, 7) is 13.8.